The van der Waals surface area contributed by atoms with Gasteiger partial charge in [-0.25, -0.2) is 13.1 Å². The first-order valence-electron chi connectivity index (χ1n) is 8.52. The fourth-order valence-electron chi connectivity index (χ4n) is 2.51. The van der Waals surface area contributed by atoms with Crippen LogP contribution in [0.15, 0.2) is 4.99 Å². The Kier molecular flexibility index (Phi) is 9.05. The van der Waals surface area contributed by atoms with Crippen LogP contribution in [0.25, 0.3) is 0 Å². The van der Waals surface area contributed by atoms with E-state index in [1.807, 2.05) is 6.92 Å². The van der Waals surface area contributed by atoms with E-state index < -0.39 is 10.0 Å². The van der Waals surface area contributed by atoms with Crippen LogP contribution in [0.4, 0.5) is 0 Å². The molecule has 0 saturated carbocycles. The average Bonchev–Trinajstić information content (AvgIpc) is 2.60. The predicted octanol–water partition coefficient (Wildman–Crippen LogP) is 0.166. The number of ether oxygens (including phenoxy) is 1. The summed E-state index contributed by atoms with van der Waals surface area (Å²) >= 11 is 0. The molecule has 9 heteroatoms. The van der Waals surface area contributed by atoms with E-state index >= 15 is 0 Å². The molecule has 8 nitrogen and oxygen atoms in total. The molecule has 1 fully saturated rings. The Hall–Kier alpha value is -1.35. The second-order valence-corrected chi connectivity index (χ2v) is 7.77. The molecule has 24 heavy (non-hydrogen) atoms. The van der Waals surface area contributed by atoms with E-state index in [-0.39, 0.29) is 17.6 Å². The highest BCUT2D eigenvalue weighted by Gasteiger charge is 2.26. The number of sulfonamides is 1. The number of rotatable bonds is 8. The number of esters is 1. The van der Waals surface area contributed by atoms with E-state index in [0.29, 0.717) is 19.5 Å². The first-order chi connectivity index (χ1) is 11.4. The minimum atomic E-state index is -3.14. The van der Waals surface area contributed by atoms with Gasteiger partial charge in [-0.2, -0.15) is 0 Å². The smallest absolute Gasteiger partial charge is 0.308 e. The zero-order chi connectivity index (χ0) is 18.0. The number of hydrogen-bond donors (Lipinski definition) is 2. The molecule has 1 aliphatic rings. The van der Waals surface area contributed by atoms with Crippen LogP contribution in [0.1, 0.15) is 33.1 Å². The Bertz CT molecular complexity index is 514. The molecule has 1 heterocycles. The molecule has 0 aliphatic carbocycles. The van der Waals surface area contributed by atoms with Crippen molar-refractivity contribution in [2.45, 2.75) is 33.1 Å². The van der Waals surface area contributed by atoms with Crippen LogP contribution in [0, 0.1) is 5.92 Å². The van der Waals surface area contributed by atoms with Crippen LogP contribution < -0.4 is 10.0 Å². The maximum absolute atomic E-state index is 11.6. The van der Waals surface area contributed by atoms with Gasteiger partial charge in [0.1, 0.15) is 0 Å². The van der Waals surface area contributed by atoms with Crippen molar-refractivity contribution in [3.63, 3.8) is 0 Å². The molecule has 0 aromatic carbocycles. The number of guanidine groups is 1. The highest BCUT2D eigenvalue weighted by molar-refractivity contribution is 7.89. The molecule has 2 N–H and O–H groups in total. The molecule has 0 radical (unpaired) electrons. The first kappa shape index (κ1) is 20.7. The molecule has 1 saturated heterocycles. The van der Waals surface area contributed by atoms with E-state index in [1.54, 1.807) is 6.92 Å². The van der Waals surface area contributed by atoms with Crippen molar-refractivity contribution < 1.29 is 17.9 Å². The number of nitrogens with zero attached hydrogens (tertiary/aromatic N) is 2. The summed E-state index contributed by atoms with van der Waals surface area (Å²) in [6, 6.07) is 0. The van der Waals surface area contributed by atoms with Crippen LogP contribution in [0.3, 0.4) is 0 Å². The highest BCUT2D eigenvalue weighted by Crippen LogP contribution is 2.18. The number of likely N-dealkylation sites (tertiary alicyclic amines) is 1. The third-order valence-electron chi connectivity index (χ3n) is 3.96. The van der Waals surface area contributed by atoms with Crippen molar-refractivity contribution in [3.05, 3.63) is 0 Å². The number of nitrogens with one attached hydrogen (secondary N) is 2. The summed E-state index contributed by atoms with van der Waals surface area (Å²) in [6.07, 6.45) is 2.16. The third-order valence-corrected chi connectivity index (χ3v) is 5.37. The van der Waals surface area contributed by atoms with Crippen molar-refractivity contribution in [2.24, 2.45) is 10.9 Å². The molecule has 0 amide bonds. The lowest BCUT2D eigenvalue weighted by molar-refractivity contribution is -0.146. The van der Waals surface area contributed by atoms with Crippen molar-refractivity contribution in [1.29, 1.82) is 0 Å². The number of carbonyl (C=O) groups excluding carboxylic acids is 1. The number of carbonyl (C=O) groups is 1. The van der Waals surface area contributed by atoms with Gasteiger partial charge in [-0.05, 0) is 33.1 Å². The van der Waals surface area contributed by atoms with Gasteiger partial charge >= 0.3 is 5.97 Å². The summed E-state index contributed by atoms with van der Waals surface area (Å²) in [7, 11) is -1.71. The molecule has 0 unspecified atom stereocenters. The fraction of sp³-hybridized carbons (Fsp3) is 0.867. The van der Waals surface area contributed by atoms with Gasteiger partial charge in [0.2, 0.25) is 10.0 Å². The lowest BCUT2D eigenvalue weighted by Crippen LogP contribution is -2.46. The van der Waals surface area contributed by atoms with Crippen molar-refractivity contribution in [2.75, 3.05) is 45.6 Å². The third kappa shape index (κ3) is 7.04. The molecular weight excluding hydrogens is 332 g/mol. The zero-order valence-corrected chi connectivity index (χ0v) is 15.7. The highest BCUT2D eigenvalue weighted by atomic mass is 32.2. The quantitative estimate of drug-likeness (QED) is 0.276. The summed E-state index contributed by atoms with van der Waals surface area (Å²) in [4.78, 5) is 18.3. The Labute approximate surface area is 145 Å². The molecule has 0 aromatic rings. The second kappa shape index (κ2) is 10.5. The van der Waals surface area contributed by atoms with E-state index in [0.717, 1.165) is 38.4 Å². The van der Waals surface area contributed by atoms with Gasteiger partial charge in [-0.15, -0.1) is 0 Å². The second-order valence-electron chi connectivity index (χ2n) is 5.67. The van der Waals surface area contributed by atoms with Crippen LogP contribution in [-0.4, -0.2) is 70.8 Å². The van der Waals surface area contributed by atoms with Gasteiger partial charge < -0.3 is 15.0 Å². The fourth-order valence-corrected chi connectivity index (χ4v) is 3.17. The van der Waals surface area contributed by atoms with E-state index in [4.69, 9.17) is 4.74 Å². The van der Waals surface area contributed by atoms with Gasteiger partial charge in [0, 0.05) is 32.7 Å². The Balaban J connectivity index is 2.44. The van der Waals surface area contributed by atoms with Gasteiger partial charge in [0.05, 0.1) is 18.8 Å². The van der Waals surface area contributed by atoms with Gasteiger partial charge in [-0.1, -0.05) is 0 Å². The molecule has 0 aromatic heterocycles. The standard InChI is InChI=1S/C15H30N4O4S/c1-4-16-15(17-9-6-10-18-24(21,22)5-2)19-11-7-13(8-12-19)14(20)23-3/h13,18H,4-12H2,1-3H3,(H,16,17). The zero-order valence-electron chi connectivity index (χ0n) is 14.9. The number of piperidine rings is 1. The van der Waals surface area contributed by atoms with E-state index in [1.165, 1.54) is 7.11 Å². The summed E-state index contributed by atoms with van der Waals surface area (Å²) < 4.78 is 30.0. The van der Waals surface area contributed by atoms with Crippen molar-refractivity contribution in [3.8, 4) is 0 Å². The molecule has 0 bridgehead atoms. The Morgan fingerprint density at radius 1 is 1.29 bits per heavy atom. The maximum atomic E-state index is 11.6. The minimum Gasteiger partial charge on any atom is -0.469 e. The van der Waals surface area contributed by atoms with Gasteiger partial charge in [0.15, 0.2) is 5.96 Å². The topological polar surface area (TPSA) is 100 Å². The molecule has 0 atom stereocenters. The van der Waals surface area contributed by atoms with Crippen LogP contribution in [0.5, 0.6) is 0 Å². The summed E-state index contributed by atoms with van der Waals surface area (Å²) in [5.74, 6) is 0.741. The Morgan fingerprint density at radius 3 is 2.50 bits per heavy atom. The largest absolute Gasteiger partial charge is 0.469 e. The lowest BCUT2D eigenvalue weighted by atomic mass is 9.97. The van der Waals surface area contributed by atoms with Gasteiger partial charge in [-0.3, -0.25) is 9.79 Å². The molecule has 1 aliphatic heterocycles. The summed E-state index contributed by atoms with van der Waals surface area (Å²) in [5, 5.41) is 3.25. The summed E-state index contributed by atoms with van der Waals surface area (Å²) in [6.45, 7) is 6.84. The number of aliphatic imine (C=N–C) groups is 1. The minimum absolute atomic E-state index is 0.0300. The molecule has 0 spiro atoms. The number of methoxy groups -OCH3 is 1. The summed E-state index contributed by atoms with van der Waals surface area (Å²) in [5.41, 5.74) is 0. The number of hydrogen-bond acceptors (Lipinski definition) is 5. The van der Waals surface area contributed by atoms with Crippen LogP contribution >= 0.6 is 0 Å². The monoisotopic (exact) mass is 362 g/mol. The van der Waals surface area contributed by atoms with Crippen molar-refractivity contribution >= 4 is 22.0 Å². The first-order valence-corrected chi connectivity index (χ1v) is 10.2. The lowest BCUT2D eigenvalue weighted by Gasteiger charge is -2.33. The maximum Gasteiger partial charge on any atom is 0.308 e. The molecule has 1 rings (SSSR count). The predicted molar refractivity (Wildman–Crippen MR) is 94.4 cm³/mol. The Morgan fingerprint density at radius 2 is 1.96 bits per heavy atom. The van der Waals surface area contributed by atoms with Gasteiger partial charge in [0.25, 0.3) is 0 Å². The normalized spacial score (nSPS) is 17.0. The van der Waals surface area contributed by atoms with Crippen LogP contribution in [0.2, 0.25) is 0 Å². The van der Waals surface area contributed by atoms with Crippen LogP contribution in [-0.2, 0) is 19.6 Å². The SMILES string of the molecule is CCNC(=NCCCNS(=O)(=O)CC)N1CCC(C(=O)OC)CC1. The molecule has 140 valence electrons. The van der Waals surface area contributed by atoms with E-state index in [2.05, 4.69) is 19.9 Å². The van der Waals surface area contributed by atoms with E-state index in [9.17, 15) is 13.2 Å². The average molecular weight is 362 g/mol. The van der Waals surface area contributed by atoms with Crippen molar-refractivity contribution in [1.82, 2.24) is 14.9 Å². The molecular formula is C15H30N4O4S.